The Labute approximate surface area is 181 Å². The van der Waals surface area contributed by atoms with Crippen molar-refractivity contribution in [1.82, 2.24) is 0 Å². The Hall–Kier alpha value is 0.416. The van der Waals surface area contributed by atoms with E-state index in [1.165, 1.54) is 0 Å². The van der Waals surface area contributed by atoms with Crippen molar-refractivity contribution < 1.29 is 93.4 Å². The summed E-state index contributed by atoms with van der Waals surface area (Å²) in [5.74, 6) is -3.91. The second-order valence-corrected chi connectivity index (χ2v) is 5.56. The summed E-state index contributed by atoms with van der Waals surface area (Å²) in [4.78, 5) is 21.6. The van der Waals surface area contributed by atoms with Crippen LogP contribution in [-0.4, -0.2) is 49.3 Å². The summed E-state index contributed by atoms with van der Waals surface area (Å²) in [6.07, 6.45) is 0.457. The van der Waals surface area contributed by atoms with Gasteiger partial charge in [-0.15, -0.1) is 0 Å². The zero-order chi connectivity index (χ0) is 17.8. The summed E-state index contributed by atoms with van der Waals surface area (Å²) < 4.78 is 45.0. The monoisotopic (exact) mass is 378 g/mol. The van der Waals surface area contributed by atoms with Gasteiger partial charge in [-0.05, 0) is 20.3 Å². The Balaban J connectivity index is 0.000000425. The van der Waals surface area contributed by atoms with Crippen LogP contribution in [0.1, 0.15) is 26.7 Å². The van der Waals surface area contributed by atoms with Gasteiger partial charge in [0, 0.05) is 11.7 Å². The number of esters is 2. The molecule has 0 aromatic rings. The molecule has 2 fully saturated rings. The third-order valence-electron chi connectivity index (χ3n) is 3.73. The van der Waals surface area contributed by atoms with Crippen LogP contribution in [0.5, 0.6) is 0 Å². The van der Waals surface area contributed by atoms with Crippen LogP contribution >= 0.6 is 0 Å². The Morgan fingerprint density at radius 2 is 1.50 bits per heavy atom. The van der Waals surface area contributed by atoms with Crippen molar-refractivity contribution in [3.05, 3.63) is 0 Å². The van der Waals surface area contributed by atoms with Crippen LogP contribution in [-0.2, 0) is 19.1 Å². The summed E-state index contributed by atoms with van der Waals surface area (Å²) in [6.45, 7) is -1.04. The van der Waals surface area contributed by atoms with Gasteiger partial charge in [-0.1, -0.05) is 12.2 Å². The van der Waals surface area contributed by atoms with Gasteiger partial charge in [-0.3, -0.25) is 9.59 Å². The maximum atomic E-state index is 11.9. The van der Waals surface area contributed by atoms with Crippen LogP contribution in [0.3, 0.4) is 0 Å². The van der Waals surface area contributed by atoms with Crippen molar-refractivity contribution in [1.29, 1.82) is 0 Å². The average Bonchev–Trinajstić information content (AvgIpc) is 3.30. The molecule has 12 heteroatoms. The molecular formula is C12H20B2F3KO6. The molecule has 0 spiro atoms. The minimum absolute atomic E-state index is 0. The Morgan fingerprint density at radius 3 is 1.79 bits per heavy atom. The van der Waals surface area contributed by atoms with E-state index in [0.717, 1.165) is 0 Å². The van der Waals surface area contributed by atoms with Gasteiger partial charge in [0.1, 0.15) is 0 Å². The van der Waals surface area contributed by atoms with Gasteiger partial charge >= 0.3 is 77.4 Å². The number of ether oxygens (including phenoxy) is 2. The van der Waals surface area contributed by atoms with Crippen LogP contribution < -0.4 is 51.4 Å². The Bertz CT molecular complexity index is 438. The maximum Gasteiger partial charge on any atom is 1.00 e. The van der Waals surface area contributed by atoms with Gasteiger partial charge in [0.05, 0.1) is 19.1 Å². The maximum absolute atomic E-state index is 11.9. The van der Waals surface area contributed by atoms with Gasteiger partial charge in [0.25, 0.3) is 0 Å². The van der Waals surface area contributed by atoms with Crippen LogP contribution in [0.25, 0.3) is 0 Å². The quantitative estimate of drug-likeness (QED) is 0.419. The Morgan fingerprint density at radius 1 is 1.04 bits per heavy atom. The zero-order valence-corrected chi connectivity index (χ0v) is 17.1. The third-order valence-corrected chi connectivity index (χ3v) is 3.73. The molecule has 6 nitrogen and oxygen atoms in total. The molecule has 2 aliphatic rings. The summed E-state index contributed by atoms with van der Waals surface area (Å²) in [7, 11) is -1.37. The van der Waals surface area contributed by atoms with E-state index >= 15 is 0 Å². The molecule has 2 rings (SSSR count). The van der Waals surface area contributed by atoms with Crippen molar-refractivity contribution in [2.75, 3.05) is 13.2 Å². The van der Waals surface area contributed by atoms with Crippen molar-refractivity contribution in [2.45, 2.75) is 38.3 Å². The van der Waals surface area contributed by atoms with Gasteiger partial charge in [0.2, 0.25) is 0 Å². The third kappa shape index (κ3) is 7.75. The molecule has 0 radical (unpaired) electrons. The second kappa shape index (κ2) is 10.5. The van der Waals surface area contributed by atoms with Gasteiger partial charge in [0.15, 0.2) is 0 Å². The van der Waals surface area contributed by atoms with Gasteiger partial charge in [-0.2, -0.15) is 0 Å². The summed E-state index contributed by atoms with van der Waals surface area (Å²) in [5.41, 5.74) is 0. The number of carbonyl (C=O) groups excluding carboxylic acids is 2. The molecule has 0 bridgehead atoms. The first-order valence-electron chi connectivity index (χ1n) is 7.52. The summed E-state index contributed by atoms with van der Waals surface area (Å²) in [5, 5.41) is 17.3. The molecule has 2 aliphatic carbocycles. The largest absolute Gasteiger partial charge is 1.00 e. The molecular weight excluding hydrogens is 358 g/mol. The van der Waals surface area contributed by atoms with E-state index in [4.69, 9.17) is 10.0 Å². The number of carbonyl (C=O) groups is 2. The second-order valence-electron chi connectivity index (χ2n) is 5.56. The normalized spacial score (nSPS) is 27.0. The van der Waals surface area contributed by atoms with E-state index in [-0.39, 0.29) is 82.1 Å². The van der Waals surface area contributed by atoms with E-state index in [2.05, 4.69) is 9.47 Å². The first kappa shape index (κ1) is 24.4. The van der Waals surface area contributed by atoms with Crippen molar-refractivity contribution in [3.8, 4) is 0 Å². The predicted molar refractivity (Wildman–Crippen MR) is 76.2 cm³/mol. The van der Waals surface area contributed by atoms with Crippen LogP contribution in [0.4, 0.5) is 12.9 Å². The van der Waals surface area contributed by atoms with E-state index in [9.17, 15) is 22.5 Å². The van der Waals surface area contributed by atoms with Crippen molar-refractivity contribution in [2.24, 2.45) is 11.8 Å². The van der Waals surface area contributed by atoms with Crippen LogP contribution in [0.15, 0.2) is 0 Å². The fourth-order valence-electron chi connectivity index (χ4n) is 2.22. The SMILES string of the molecule is CCOC(=O)[C@H]1C[C@@H]1B(O)O.CCOC(=O)[C@H]1C[C@@H]1[B-](F)(F)F.[K+]. The first-order chi connectivity index (χ1) is 10.6. The fraction of sp³-hybridized carbons (Fsp3) is 0.833. The number of hydrogen-bond donors (Lipinski definition) is 2. The predicted octanol–water partition coefficient (Wildman–Crippen LogP) is -1.80. The van der Waals surface area contributed by atoms with Crippen LogP contribution in [0, 0.1) is 11.8 Å². The summed E-state index contributed by atoms with van der Waals surface area (Å²) in [6, 6.07) is 0. The first-order valence-corrected chi connectivity index (χ1v) is 7.52. The molecule has 24 heavy (non-hydrogen) atoms. The molecule has 0 aliphatic heterocycles. The van der Waals surface area contributed by atoms with Crippen LogP contribution in [0.2, 0.25) is 11.6 Å². The number of rotatable bonds is 6. The minimum atomic E-state index is -4.84. The molecule has 0 saturated heterocycles. The molecule has 0 heterocycles. The van der Waals surface area contributed by atoms with E-state index < -0.39 is 31.8 Å². The zero-order valence-electron chi connectivity index (χ0n) is 14.0. The fourth-order valence-corrected chi connectivity index (χ4v) is 2.22. The molecule has 0 unspecified atom stereocenters. The van der Waals surface area contributed by atoms with E-state index in [0.29, 0.717) is 13.0 Å². The smallest absolute Gasteiger partial charge is 0.466 e. The Kier molecular flexibility index (Phi) is 10.7. The standard InChI is InChI=1S/C6H9BF3O2.C6H11BO4.K/c1-2-12-6(11)4-3-5(4)7(8,9)10;1-2-11-6(8)4-3-5(4)7(9)10;/h4-5H,2-3H2,1H3;4-5,9-10H,2-3H2,1H3;/q-1;;+1/t2*4-,5-;/m00./s1. The topological polar surface area (TPSA) is 93.1 Å². The molecule has 0 aromatic heterocycles. The molecule has 0 amide bonds. The van der Waals surface area contributed by atoms with E-state index in [1.54, 1.807) is 13.8 Å². The summed E-state index contributed by atoms with van der Waals surface area (Å²) >= 11 is 0. The minimum Gasteiger partial charge on any atom is -0.466 e. The number of hydrogen-bond acceptors (Lipinski definition) is 6. The van der Waals surface area contributed by atoms with Gasteiger partial charge in [-0.25, -0.2) is 0 Å². The molecule has 132 valence electrons. The molecule has 2 saturated carbocycles. The van der Waals surface area contributed by atoms with Crippen molar-refractivity contribution >= 4 is 26.0 Å². The average molecular weight is 378 g/mol. The number of halogens is 3. The molecule has 0 aromatic carbocycles. The molecule has 4 atom stereocenters. The molecule has 2 N–H and O–H groups in total. The van der Waals surface area contributed by atoms with E-state index in [1.807, 2.05) is 0 Å². The van der Waals surface area contributed by atoms with Crippen molar-refractivity contribution in [3.63, 3.8) is 0 Å². The van der Waals surface area contributed by atoms with Gasteiger partial charge < -0.3 is 32.5 Å².